The fraction of sp³-hybridized carbons (Fsp3) is 0.520. The minimum absolute atomic E-state index is 0.310. The number of fused-ring (bicyclic) bond motifs is 1. The standard InChI is InChI=1S/C25H32N2O4S/c28-32(29,26-14-17-30-18-15-26)23-12-10-22(11-13-23)31-19-16-27(21-8-9-21)25-7-3-5-20-4-1-2-6-24(20)25/h1-2,4,6,10-13,21,25H,3,5,7-9,14-19H2. The molecule has 0 spiro atoms. The number of morpholine rings is 1. The van der Waals surface area contributed by atoms with Crippen molar-refractivity contribution in [2.45, 2.75) is 49.1 Å². The second kappa shape index (κ2) is 9.51. The number of ether oxygens (including phenoxy) is 2. The van der Waals surface area contributed by atoms with Gasteiger partial charge in [-0.2, -0.15) is 4.31 Å². The average molecular weight is 457 g/mol. The van der Waals surface area contributed by atoms with Gasteiger partial charge in [0.1, 0.15) is 12.4 Å². The van der Waals surface area contributed by atoms with E-state index in [4.69, 9.17) is 9.47 Å². The van der Waals surface area contributed by atoms with E-state index >= 15 is 0 Å². The van der Waals surface area contributed by atoms with Crippen molar-refractivity contribution >= 4 is 10.0 Å². The third-order valence-corrected chi connectivity index (χ3v) is 8.72. The lowest BCUT2D eigenvalue weighted by atomic mass is 9.86. The molecule has 1 saturated heterocycles. The number of sulfonamides is 1. The van der Waals surface area contributed by atoms with Gasteiger partial charge in [-0.15, -0.1) is 0 Å². The lowest BCUT2D eigenvalue weighted by Gasteiger charge is -2.36. The highest BCUT2D eigenvalue weighted by atomic mass is 32.2. The number of hydrogen-bond acceptors (Lipinski definition) is 5. The molecule has 1 saturated carbocycles. The molecule has 32 heavy (non-hydrogen) atoms. The molecule has 6 nitrogen and oxygen atoms in total. The summed E-state index contributed by atoms with van der Waals surface area (Å²) in [6, 6.07) is 16.9. The Hall–Kier alpha value is -1.93. The van der Waals surface area contributed by atoms with E-state index in [-0.39, 0.29) is 0 Å². The highest BCUT2D eigenvalue weighted by Gasteiger charge is 2.36. The Bertz CT molecular complexity index is 1010. The molecular weight excluding hydrogens is 424 g/mol. The summed E-state index contributed by atoms with van der Waals surface area (Å²) >= 11 is 0. The summed E-state index contributed by atoms with van der Waals surface area (Å²) in [6.45, 7) is 3.19. The van der Waals surface area contributed by atoms with Crippen molar-refractivity contribution in [3.05, 3.63) is 59.7 Å². The van der Waals surface area contributed by atoms with Gasteiger partial charge in [0.25, 0.3) is 0 Å². The van der Waals surface area contributed by atoms with E-state index in [1.807, 2.05) is 0 Å². The van der Waals surface area contributed by atoms with Crippen LogP contribution in [0.25, 0.3) is 0 Å². The SMILES string of the molecule is O=S(=O)(c1ccc(OCCN(C2CC2)C2CCCc3ccccc32)cc1)N1CCOCC1. The molecule has 0 bridgehead atoms. The van der Waals surface area contributed by atoms with E-state index in [0.717, 1.165) is 6.54 Å². The zero-order valence-electron chi connectivity index (χ0n) is 18.5. The lowest BCUT2D eigenvalue weighted by molar-refractivity contribution is 0.0730. The van der Waals surface area contributed by atoms with Gasteiger partial charge in [-0.3, -0.25) is 4.90 Å². The summed E-state index contributed by atoms with van der Waals surface area (Å²) in [5.41, 5.74) is 2.98. The fourth-order valence-electron chi connectivity index (χ4n) is 4.98. The van der Waals surface area contributed by atoms with Crippen LogP contribution in [0.15, 0.2) is 53.4 Å². The van der Waals surface area contributed by atoms with Crippen molar-refractivity contribution in [3.8, 4) is 5.75 Å². The minimum atomic E-state index is -3.47. The third-order valence-electron chi connectivity index (χ3n) is 6.80. The summed E-state index contributed by atoms with van der Waals surface area (Å²) in [5.74, 6) is 0.714. The highest BCUT2D eigenvalue weighted by molar-refractivity contribution is 7.89. The first kappa shape index (κ1) is 21.9. The predicted octanol–water partition coefficient (Wildman–Crippen LogP) is 3.63. The van der Waals surface area contributed by atoms with Crippen LogP contribution < -0.4 is 4.74 Å². The van der Waals surface area contributed by atoms with Crippen LogP contribution in [0.2, 0.25) is 0 Å². The average Bonchev–Trinajstić information content (AvgIpc) is 3.68. The van der Waals surface area contributed by atoms with Crippen LogP contribution in [-0.2, 0) is 21.2 Å². The van der Waals surface area contributed by atoms with E-state index in [0.29, 0.717) is 55.6 Å². The second-order valence-electron chi connectivity index (χ2n) is 8.91. The van der Waals surface area contributed by atoms with Gasteiger partial charge in [-0.1, -0.05) is 24.3 Å². The first-order valence-electron chi connectivity index (χ1n) is 11.8. The molecule has 2 aromatic carbocycles. The number of nitrogens with zero attached hydrogens (tertiary/aromatic N) is 2. The molecule has 0 N–H and O–H groups in total. The first-order chi connectivity index (χ1) is 15.6. The van der Waals surface area contributed by atoms with Crippen molar-refractivity contribution in [1.82, 2.24) is 9.21 Å². The molecule has 2 aromatic rings. The number of rotatable bonds is 8. The van der Waals surface area contributed by atoms with Crippen molar-refractivity contribution < 1.29 is 17.9 Å². The lowest BCUT2D eigenvalue weighted by Crippen LogP contribution is -2.40. The van der Waals surface area contributed by atoms with Crippen LogP contribution in [-0.4, -0.2) is 63.1 Å². The number of hydrogen-bond donors (Lipinski definition) is 0. The Balaban J connectivity index is 1.20. The Kier molecular flexibility index (Phi) is 6.51. The Morgan fingerprint density at radius 3 is 2.50 bits per heavy atom. The third kappa shape index (κ3) is 4.71. The smallest absolute Gasteiger partial charge is 0.243 e. The molecule has 0 amide bonds. The molecule has 1 unspecified atom stereocenters. The van der Waals surface area contributed by atoms with Crippen LogP contribution in [0.5, 0.6) is 5.75 Å². The van der Waals surface area contributed by atoms with Gasteiger partial charge >= 0.3 is 0 Å². The van der Waals surface area contributed by atoms with Crippen molar-refractivity contribution in [3.63, 3.8) is 0 Å². The zero-order chi connectivity index (χ0) is 22.0. The number of aryl methyl sites for hydroxylation is 1. The van der Waals surface area contributed by atoms with Crippen LogP contribution in [0.4, 0.5) is 0 Å². The summed E-state index contributed by atoms with van der Waals surface area (Å²) in [6.07, 6.45) is 6.17. The fourth-order valence-corrected chi connectivity index (χ4v) is 6.39. The second-order valence-corrected chi connectivity index (χ2v) is 10.9. The van der Waals surface area contributed by atoms with Gasteiger partial charge in [-0.05, 0) is 67.5 Å². The molecule has 7 heteroatoms. The van der Waals surface area contributed by atoms with Crippen LogP contribution >= 0.6 is 0 Å². The molecule has 172 valence electrons. The molecule has 1 aliphatic heterocycles. The largest absolute Gasteiger partial charge is 0.492 e. The van der Waals surface area contributed by atoms with Crippen LogP contribution in [0.3, 0.4) is 0 Å². The summed E-state index contributed by atoms with van der Waals surface area (Å²) in [7, 11) is -3.47. The van der Waals surface area contributed by atoms with Gasteiger partial charge in [-0.25, -0.2) is 8.42 Å². The van der Waals surface area contributed by atoms with Crippen molar-refractivity contribution in [1.29, 1.82) is 0 Å². The van der Waals surface area contributed by atoms with Gasteiger partial charge in [0, 0.05) is 31.7 Å². The maximum atomic E-state index is 12.8. The summed E-state index contributed by atoms with van der Waals surface area (Å²) < 4.78 is 38.4. The van der Waals surface area contributed by atoms with Crippen LogP contribution in [0, 0.1) is 0 Å². The van der Waals surface area contributed by atoms with Crippen molar-refractivity contribution in [2.75, 3.05) is 39.5 Å². The molecule has 0 radical (unpaired) electrons. The Morgan fingerprint density at radius 2 is 1.75 bits per heavy atom. The Morgan fingerprint density at radius 1 is 1.00 bits per heavy atom. The number of benzene rings is 2. The molecule has 0 aromatic heterocycles. The zero-order valence-corrected chi connectivity index (χ0v) is 19.3. The van der Waals surface area contributed by atoms with Gasteiger partial charge in [0.05, 0.1) is 18.1 Å². The van der Waals surface area contributed by atoms with E-state index in [1.54, 1.807) is 24.3 Å². The molecular formula is C25H32N2O4S. The van der Waals surface area contributed by atoms with E-state index in [2.05, 4.69) is 29.2 Å². The minimum Gasteiger partial charge on any atom is -0.492 e. The molecule has 2 fully saturated rings. The van der Waals surface area contributed by atoms with Gasteiger partial charge < -0.3 is 9.47 Å². The van der Waals surface area contributed by atoms with Crippen molar-refractivity contribution in [2.24, 2.45) is 0 Å². The summed E-state index contributed by atoms with van der Waals surface area (Å²) in [4.78, 5) is 2.94. The van der Waals surface area contributed by atoms with Gasteiger partial charge in [0.2, 0.25) is 10.0 Å². The van der Waals surface area contributed by atoms with E-state index in [9.17, 15) is 8.42 Å². The van der Waals surface area contributed by atoms with Crippen LogP contribution in [0.1, 0.15) is 42.9 Å². The maximum absolute atomic E-state index is 12.8. The molecule has 2 aliphatic carbocycles. The Labute approximate surface area is 191 Å². The maximum Gasteiger partial charge on any atom is 0.243 e. The van der Waals surface area contributed by atoms with E-state index < -0.39 is 10.0 Å². The summed E-state index contributed by atoms with van der Waals surface area (Å²) in [5, 5.41) is 0. The molecule has 5 rings (SSSR count). The van der Waals surface area contributed by atoms with E-state index in [1.165, 1.54) is 47.5 Å². The normalized spacial score (nSPS) is 22.0. The van der Waals surface area contributed by atoms with Gasteiger partial charge in [0.15, 0.2) is 0 Å². The predicted molar refractivity (Wildman–Crippen MR) is 123 cm³/mol. The highest BCUT2D eigenvalue weighted by Crippen LogP contribution is 2.40. The quantitative estimate of drug-likeness (QED) is 0.607. The first-order valence-corrected chi connectivity index (χ1v) is 13.2. The molecule has 1 heterocycles. The molecule has 3 aliphatic rings. The monoisotopic (exact) mass is 456 g/mol. The topological polar surface area (TPSA) is 59.1 Å². The molecule has 1 atom stereocenters.